The third-order valence-electron chi connectivity index (χ3n) is 2.64. The normalized spacial score (nSPS) is 12.3. The predicted molar refractivity (Wildman–Crippen MR) is 78.7 cm³/mol. The molecular formula is C15H22ClNO2. The zero-order chi connectivity index (χ0) is 14.3. The molecule has 0 spiro atoms. The second kappa shape index (κ2) is 8.05. The summed E-state index contributed by atoms with van der Waals surface area (Å²) in [5.74, 6) is 1.37. The molecule has 106 valence electrons. The molecule has 0 bridgehead atoms. The summed E-state index contributed by atoms with van der Waals surface area (Å²) in [4.78, 5) is 11.6. The van der Waals surface area contributed by atoms with Crippen molar-refractivity contribution in [3.05, 3.63) is 29.8 Å². The number of hydrogen-bond acceptors (Lipinski definition) is 2. The number of hydrogen-bond donors (Lipinski definition) is 1. The summed E-state index contributed by atoms with van der Waals surface area (Å²) in [5.41, 5.74) is 1.04. The van der Waals surface area contributed by atoms with Crippen LogP contribution in [0.3, 0.4) is 0 Å². The third-order valence-corrected chi connectivity index (χ3v) is 2.91. The molecule has 0 radical (unpaired) electrons. The Labute approximate surface area is 120 Å². The molecule has 0 aliphatic heterocycles. The lowest BCUT2D eigenvalue weighted by atomic mass is 10.1. The van der Waals surface area contributed by atoms with E-state index in [1.807, 2.05) is 45.0 Å². The Morgan fingerprint density at radius 3 is 2.74 bits per heavy atom. The second-order valence-corrected chi connectivity index (χ2v) is 5.20. The minimum absolute atomic E-state index is 0.0291. The van der Waals surface area contributed by atoms with Crippen LogP contribution in [0.15, 0.2) is 24.3 Å². The number of carbonyl (C=O) groups excluding carboxylic acids is 1. The van der Waals surface area contributed by atoms with Gasteiger partial charge in [-0.05, 0) is 44.9 Å². The van der Waals surface area contributed by atoms with Crippen LogP contribution in [0.1, 0.15) is 45.2 Å². The molecule has 1 N–H and O–H groups in total. The minimum Gasteiger partial charge on any atom is -0.491 e. The Morgan fingerprint density at radius 2 is 2.11 bits per heavy atom. The number of carbonyl (C=O) groups is 1. The number of halogens is 1. The van der Waals surface area contributed by atoms with Gasteiger partial charge in [0.2, 0.25) is 5.91 Å². The molecule has 19 heavy (non-hydrogen) atoms. The Balaban J connectivity index is 2.61. The van der Waals surface area contributed by atoms with Crippen molar-refractivity contribution in [2.24, 2.45) is 0 Å². The zero-order valence-electron chi connectivity index (χ0n) is 11.8. The molecule has 0 aliphatic carbocycles. The lowest BCUT2D eigenvalue weighted by Gasteiger charge is -2.16. The van der Waals surface area contributed by atoms with E-state index < -0.39 is 0 Å². The van der Waals surface area contributed by atoms with E-state index in [0.29, 0.717) is 18.7 Å². The van der Waals surface area contributed by atoms with Gasteiger partial charge in [0.25, 0.3) is 0 Å². The topological polar surface area (TPSA) is 38.3 Å². The van der Waals surface area contributed by atoms with Crippen molar-refractivity contribution in [1.29, 1.82) is 0 Å². The van der Waals surface area contributed by atoms with Crippen molar-refractivity contribution in [3.8, 4) is 5.75 Å². The van der Waals surface area contributed by atoms with Gasteiger partial charge in [0, 0.05) is 12.3 Å². The van der Waals surface area contributed by atoms with Gasteiger partial charge in [0.1, 0.15) is 5.75 Å². The fourth-order valence-corrected chi connectivity index (χ4v) is 1.89. The lowest BCUT2D eigenvalue weighted by molar-refractivity contribution is -0.121. The average Bonchev–Trinajstić information content (AvgIpc) is 2.35. The van der Waals surface area contributed by atoms with Gasteiger partial charge >= 0.3 is 0 Å². The summed E-state index contributed by atoms with van der Waals surface area (Å²) in [7, 11) is 0. The maximum Gasteiger partial charge on any atom is 0.220 e. The van der Waals surface area contributed by atoms with Gasteiger partial charge in [0.05, 0.1) is 12.1 Å². The van der Waals surface area contributed by atoms with E-state index in [1.165, 1.54) is 0 Å². The Kier molecular flexibility index (Phi) is 6.71. The Bertz CT molecular complexity index is 407. The van der Waals surface area contributed by atoms with Crippen molar-refractivity contribution >= 4 is 17.5 Å². The zero-order valence-corrected chi connectivity index (χ0v) is 12.5. The molecule has 0 heterocycles. The van der Waals surface area contributed by atoms with Gasteiger partial charge in [-0.15, -0.1) is 11.6 Å². The molecule has 1 unspecified atom stereocenters. The van der Waals surface area contributed by atoms with Gasteiger partial charge in [0.15, 0.2) is 0 Å². The van der Waals surface area contributed by atoms with Crippen molar-refractivity contribution in [3.63, 3.8) is 0 Å². The molecular weight excluding hydrogens is 262 g/mol. The number of benzene rings is 1. The third kappa shape index (κ3) is 5.97. The van der Waals surface area contributed by atoms with Crippen LogP contribution in [0, 0.1) is 0 Å². The molecule has 1 aromatic rings. The molecule has 1 amide bonds. The fourth-order valence-electron chi connectivity index (χ4n) is 1.75. The van der Waals surface area contributed by atoms with Gasteiger partial charge in [-0.1, -0.05) is 12.1 Å². The molecule has 1 aromatic carbocycles. The van der Waals surface area contributed by atoms with E-state index in [9.17, 15) is 4.79 Å². The van der Waals surface area contributed by atoms with Crippen LogP contribution in [-0.2, 0) is 4.79 Å². The highest BCUT2D eigenvalue weighted by Crippen LogP contribution is 2.20. The first-order chi connectivity index (χ1) is 9.02. The first kappa shape index (κ1) is 15.8. The fraction of sp³-hybridized carbons (Fsp3) is 0.533. The predicted octanol–water partition coefficient (Wildman–Crippen LogP) is 3.67. The van der Waals surface area contributed by atoms with E-state index in [4.69, 9.17) is 16.3 Å². The van der Waals surface area contributed by atoms with Crippen LogP contribution in [0.2, 0.25) is 0 Å². The molecule has 0 aliphatic rings. The molecule has 0 aromatic heterocycles. The number of alkyl halides is 1. The smallest absolute Gasteiger partial charge is 0.220 e. The van der Waals surface area contributed by atoms with Crippen LogP contribution in [0.5, 0.6) is 5.75 Å². The van der Waals surface area contributed by atoms with Crippen molar-refractivity contribution in [1.82, 2.24) is 5.32 Å². The van der Waals surface area contributed by atoms with E-state index in [-0.39, 0.29) is 18.1 Å². The number of nitrogens with one attached hydrogen (secondary N) is 1. The largest absolute Gasteiger partial charge is 0.491 e. The average molecular weight is 284 g/mol. The molecule has 4 heteroatoms. The van der Waals surface area contributed by atoms with Gasteiger partial charge in [-0.2, -0.15) is 0 Å². The molecule has 0 saturated carbocycles. The van der Waals surface area contributed by atoms with E-state index in [2.05, 4.69) is 5.32 Å². The lowest BCUT2D eigenvalue weighted by Crippen LogP contribution is -2.26. The Morgan fingerprint density at radius 1 is 1.37 bits per heavy atom. The summed E-state index contributed by atoms with van der Waals surface area (Å²) in [5, 5.41) is 2.96. The first-order valence-corrected chi connectivity index (χ1v) is 7.18. The van der Waals surface area contributed by atoms with Crippen molar-refractivity contribution < 1.29 is 9.53 Å². The van der Waals surface area contributed by atoms with Crippen molar-refractivity contribution in [2.75, 3.05) is 5.88 Å². The standard InChI is InChI=1S/C15H22ClNO2/c1-11(2)19-14-7-4-6-13(10-14)12(3)17-15(18)8-5-9-16/h4,6-7,10-12H,5,8-9H2,1-3H3,(H,17,18). The summed E-state index contributed by atoms with van der Waals surface area (Å²) >= 11 is 5.57. The van der Waals surface area contributed by atoms with Gasteiger partial charge in [-0.25, -0.2) is 0 Å². The summed E-state index contributed by atoms with van der Waals surface area (Å²) in [6.45, 7) is 5.95. The quantitative estimate of drug-likeness (QED) is 0.776. The highest BCUT2D eigenvalue weighted by atomic mass is 35.5. The van der Waals surface area contributed by atoms with Crippen LogP contribution in [0.25, 0.3) is 0 Å². The second-order valence-electron chi connectivity index (χ2n) is 4.82. The first-order valence-electron chi connectivity index (χ1n) is 6.65. The van der Waals surface area contributed by atoms with Crippen LogP contribution in [0.4, 0.5) is 0 Å². The summed E-state index contributed by atoms with van der Waals surface area (Å²) in [6.07, 6.45) is 1.32. The number of amides is 1. The maximum absolute atomic E-state index is 11.6. The van der Waals surface area contributed by atoms with Crippen LogP contribution >= 0.6 is 11.6 Å². The van der Waals surface area contributed by atoms with E-state index in [1.54, 1.807) is 0 Å². The van der Waals surface area contributed by atoms with E-state index >= 15 is 0 Å². The van der Waals surface area contributed by atoms with E-state index in [0.717, 1.165) is 11.3 Å². The maximum atomic E-state index is 11.6. The SMILES string of the molecule is CC(C)Oc1cccc(C(C)NC(=O)CCCCl)c1. The number of rotatable bonds is 7. The molecule has 3 nitrogen and oxygen atoms in total. The highest BCUT2D eigenvalue weighted by Gasteiger charge is 2.10. The van der Waals surface area contributed by atoms with Crippen molar-refractivity contribution in [2.45, 2.75) is 45.8 Å². The molecule has 1 atom stereocenters. The Hall–Kier alpha value is -1.22. The molecule has 0 saturated heterocycles. The molecule has 1 rings (SSSR count). The van der Waals surface area contributed by atoms with Gasteiger partial charge in [-0.3, -0.25) is 4.79 Å². The summed E-state index contributed by atoms with van der Waals surface area (Å²) < 4.78 is 5.64. The summed E-state index contributed by atoms with van der Waals surface area (Å²) in [6, 6.07) is 7.78. The minimum atomic E-state index is -0.0291. The highest BCUT2D eigenvalue weighted by molar-refractivity contribution is 6.17. The molecule has 0 fully saturated rings. The van der Waals surface area contributed by atoms with Gasteiger partial charge < -0.3 is 10.1 Å². The van der Waals surface area contributed by atoms with Crippen LogP contribution < -0.4 is 10.1 Å². The monoisotopic (exact) mass is 283 g/mol. The van der Waals surface area contributed by atoms with Crippen LogP contribution in [-0.4, -0.2) is 17.9 Å². The number of ether oxygens (including phenoxy) is 1.